The number of urea groups is 1. The minimum Gasteiger partial charge on any atom is -0.480 e. The molecule has 2 aliphatic heterocycles. The van der Waals surface area contributed by atoms with Crippen LogP contribution < -0.4 is 0 Å². The third-order valence-electron chi connectivity index (χ3n) is 4.10. The molecule has 2 saturated heterocycles. The molecule has 0 spiro atoms. The van der Waals surface area contributed by atoms with Gasteiger partial charge in [0.15, 0.2) is 0 Å². The second kappa shape index (κ2) is 6.23. The number of carboxylic acid groups (broad SMARTS) is 1. The van der Waals surface area contributed by atoms with Crippen molar-refractivity contribution in [2.75, 3.05) is 26.2 Å². The lowest BCUT2D eigenvalue weighted by Gasteiger charge is -2.31. The van der Waals surface area contributed by atoms with Gasteiger partial charge in [0, 0.05) is 32.2 Å². The highest BCUT2D eigenvalue weighted by Crippen LogP contribution is 2.22. The molecular weight excluding hydrogens is 248 g/mol. The molecule has 0 bridgehead atoms. The maximum absolute atomic E-state index is 12.4. The highest BCUT2D eigenvalue weighted by atomic mass is 16.4. The fourth-order valence-corrected chi connectivity index (χ4v) is 2.93. The van der Waals surface area contributed by atoms with E-state index in [0.717, 1.165) is 25.7 Å². The molecule has 0 aliphatic carbocycles. The molecule has 108 valence electrons. The molecule has 0 aromatic rings. The third-order valence-corrected chi connectivity index (χ3v) is 4.10. The Morgan fingerprint density at radius 1 is 1.11 bits per heavy atom. The number of aliphatic hydroxyl groups excluding tert-OH is 1. The molecule has 2 heterocycles. The summed E-state index contributed by atoms with van der Waals surface area (Å²) in [5, 5.41) is 18.4. The van der Waals surface area contributed by atoms with Crippen LogP contribution in [-0.2, 0) is 4.79 Å². The Morgan fingerprint density at radius 2 is 1.89 bits per heavy atom. The summed E-state index contributed by atoms with van der Waals surface area (Å²) >= 11 is 0. The van der Waals surface area contributed by atoms with Crippen LogP contribution in [0, 0.1) is 5.92 Å². The van der Waals surface area contributed by atoms with Crippen molar-refractivity contribution in [2.45, 2.75) is 38.1 Å². The van der Waals surface area contributed by atoms with Crippen LogP contribution in [0.3, 0.4) is 0 Å². The molecule has 2 fully saturated rings. The molecule has 2 atom stereocenters. The molecule has 2 rings (SSSR count). The molecule has 6 nitrogen and oxygen atoms in total. The summed E-state index contributed by atoms with van der Waals surface area (Å²) in [5.74, 6) is -0.771. The van der Waals surface area contributed by atoms with Gasteiger partial charge in [-0.3, -0.25) is 0 Å². The predicted octanol–water partition coefficient (Wildman–Crippen LogP) is 0.750. The van der Waals surface area contributed by atoms with Crippen LogP contribution in [0.4, 0.5) is 4.79 Å². The van der Waals surface area contributed by atoms with E-state index in [-0.39, 0.29) is 18.6 Å². The Balaban J connectivity index is 2.04. The van der Waals surface area contributed by atoms with Gasteiger partial charge in [-0.15, -0.1) is 0 Å². The van der Waals surface area contributed by atoms with Crippen molar-refractivity contribution in [3.8, 4) is 0 Å². The van der Waals surface area contributed by atoms with E-state index in [4.69, 9.17) is 5.11 Å². The third kappa shape index (κ3) is 3.18. The zero-order valence-electron chi connectivity index (χ0n) is 11.1. The number of amides is 2. The average Bonchev–Trinajstić information content (AvgIpc) is 2.74. The van der Waals surface area contributed by atoms with Crippen LogP contribution in [0.15, 0.2) is 0 Å². The minimum absolute atomic E-state index is 0.0894. The Labute approximate surface area is 113 Å². The van der Waals surface area contributed by atoms with E-state index in [2.05, 4.69) is 0 Å². The summed E-state index contributed by atoms with van der Waals surface area (Å²) in [4.78, 5) is 26.9. The fraction of sp³-hybridized carbons (Fsp3) is 0.846. The van der Waals surface area contributed by atoms with E-state index in [9.17, 15) is 14.7 Å². The summed E-state index contributed by atoms with van der Waals surface area (Å²) in [7, 11) is 0. The summed E-state index contributed by atoms with van der Waals surface area (Å²) < 4.78 is 0. The molecule has 2 aliphatic rings. The van der Waals surface area contributed by atoms with Crippen LogP contribution in [0.5, 0.6) is 0 Å². The predicted molar refractivity (Wildman–Crippen MR) is 68.8 cm³/mol. The largest absolute Gasteiger partial charge is 0.480 e. The summed E-state index contributed by atoms with van der Waals surface area (Å²) in [6.07, 6.45) is 4.05. The monoisotopic (exact) mass is 270 g/mol. The number of aliphatic carboxylic acids is 1. The summed E-state index contributed by atoms with van der Waals surface area (Å²) in [6.45, 7) is 1.77. The van der Waals surface area contributed by atoms with Gasteiger partial charge in [0.1, 0.15) is 6.04 Å². The first-order valence-electron chi connectivity index (χ1n) is 7.02. The van der Waals surface area contributed by atoms with Gasteiger partial charge in [-0.05, 0) is 19.3 Å². The van der Waals surface area contributed by atoms with Crippen molar-refractivity contribution in [2.24, 2.45) is 5.92 Å². The Hall–Kier alpha value is -1.30. The van der Waals surface area contributed by atoms with E-state index < -0.39 is 12.0 Å². The second-order valence-corrected chi connectivity index (χ2v) is 5.46. The number of carboxylic acids is 1. The van der Waals surface area contributed by atoms with E-state index in [1.807, 2.05) is 0 Å². The SMILES string of the molecule is O=C(O)C1CCCCCN1C(=O)N1CCC(CO)C1. The van der Waals surface area contributed by atoms with Gasteiger partial charge < -0.3 is 20.0 Å². The minimum atomic E-state index is -0.909. The molecule has 19 heavy (non-hydrogen) atoms. The highest BCUT2D eigenvalue weighted by molar-refractivity contribution is 5.83. The zero-order valence-corrected chi connectivity index (χ0v) is 11.1. The zero-order chi connectivity index (χ0) is 13.8. The topological polar surface area (TPSA) is 81.1 Å². The van der Waals surface area contributed by atoms with Crippen LogP contribution >= 0.6 is 0 Å². The first kappa shape index (κ1) is 14.1. The first-order chi connectivity index (χ1) is 9.13. The normalized spacial score (nSPS) is 28.3. The average molecular weight is 270 g/mol. The summed E-state index contributed by atoms with van der Waals surface area (Å²) in [6, 6.07) is -0.867. The lowest BCUT2D eigenvalue weighted by Crippen LogP contribution is -2.50. The Morgan fingerprint density at radius 3 is 2.53 bits per heavy atom. The molecule has 2 N–H and O–H groups in total. The Kier molecular flexibility index (Phi) is 4.63. The number of aliphatic hydroxyl groups is 1. The number of carbonyl (C=O) groups is 2. The van der Waals surface area contributed by atoms with E-state index in [0.29, 0.717) is 26.1 Å². The number of nitrogens with zero attached hydrogens (tertiary/aromatic N) is 2. The number of rotatable bonds is 2. The Bertz CT molecular complexity index is 348. The van der Waals surface area contributed by atoms with Gasteiger partial charge in [-0.25, -0.2) is 9.59 Å². The fourth-order valence-electron chi connectivity index (χ4n) is 2.93. The highest BCUT2D eigenvalue weighted by Gasteiger charge is 2.35. The van der Waals surface area contributed by atoms with Gasteiger partial charge in [0.2, 0.25) is 0 Å². The van der Waals surface area contributed by atoms with Crippen molar-refractivity contribution in [3.63, 3.8) is 0 Å². The lowest BCUT2D eigenvalue weighted by atomic mass is 10.1. The summed E-state index contributed by atoms with van der Waals surface area (Å²) in [5.41, 5.74) is 0. The van der Waals surface area contributed by atoms with E-state index >= 15 is 0 Å². The molecule has 2 unspecified atom stereocenters. The standard InChI is InChI=1S/C13H22N2O4/c16-9-10-5-7-14(8-10)13(19)15-6-3-1-2-4-11(15)12(17)18/h10-11,16H,1-9H2,(H,17,18). The van der Waals surface area contributed by atoms with Gasteiger partial charge in [0.25, 0.3) is 0 Å². The van der Waals surface area contributed by atoms with Gasteiger partial charge >= 0.3 is 12.0 Å². The quantitative estimate of drug-likeness (QED) is 0.776. The number of hydrogen-bond acceptors (Lipinski definition) is 3. The molecular formula is C13H22N2O4. The molecule has 2 amide bonds. The van der Waals surface area contributed by atoms with Crippen LogP contribution in [0.2, 0.25) is 0 Å². The maximum Gasteiger partial charge on any atom is 0.326 e. The van der Waals surface area contributed by atoms with Crippen molar-refractivity contribution < 1.29 is 19.8 Å². The van der Waals surface area contributed by atoms with Crippen LogP contribution in [-0.4, -0.2) is 64.3 Å². The van der Waals surface area contributed by atoms with Crippen molar-refractivity contribution in [3.05, 3.63) is 0 Å². The molecule has 0 radical (unpaired) electrons. The first-order valence-corrected chi connectivity index (χ1v) is 7.02. The molecule has 0 aromatic carbocycles. The van der Waals surface area contributed by atoms with Crippen LogP contribution in [0.1, 0.15) is 32.1 Å². The van der Waals surface area contributed by atoms with E-state index in [1.165, 1.54) is 4.90 Å². The van der Waals surface area contributed by atoms with Gasteiger partial charge in [0.05, 0.1) is 0 Å². The van der Waals surface area contributed by atoms with Crippen molar-refractivity contribution in [1.82, 2.24) is 9.80 Å². The molecule has 0 saturated carbocycles. The van der Waals surface area contributed by atoms with Gasteiger partial charge in [-0.1, -0.05) is 12.8 Å². The maximum atomic E-state index is 12.4. The number of carbonyl (C=O) groups excluding carboxylic acids is 1. The lowest BCUT2D eigenvalue weighted by molar-refractivity contribution is -0.142. The van der Waals surface area contributed by atoms with Crippen molar-refractivity contribution in [1.29, 1.82) is 0 Å². The molecule has 0 aromatic heterocycles. The van der Waals surface area contributed by atoms with E-state index in [1.54, 1.807) is 4.90 Å². The smallest absolute Gasteiger partial charge is 0.326 e. The molecule has 6 heteroatoms. The number of hydrogen-bond donors (Lipinski definition) is 2. The van der Waals surface area contributed by atoms with Gasteiger partial charge in [-0.2, -0.15) is 0 Å². The van der Waals surface area contributed by atoms with Crippen molar-refractivity contribution >= 4 is 12.0 Å². The number of likely N-dealkylation sites (tertiary alicyclic amines) is 2. The second-order valence-electron chi connectivity index (χ2n) is 5.46. The van der Waals surface area contributed by atoms with Crippen LogP contribution in [0.25, 0.3) is 0 Å².